The highest BCUT2D eigenvalue weighted by Crippen LogP contribution is 2.34. The minimum Gasteiger partial charge on any atom is -0.490 e. The summed E-state index contributed by atoms with van der Waals surface area (Å²) in [4.78, 5) is 26.8. The number of carbonyl (C=O) groups is 1. The van der Waals surface area contributed by atoms with Crippen LogP contribution >= 0.6 is 0 Å². The largest absolute Gasteiger partial charge is 0.490 e. The van der Waals surface area contributed by atoms with Crippen LogP contribution in [-0.2, 0) is 0 Å². The first kappa shape index (κ1) is 30.7. The van der Waals surface area contributed by atoms with Gasteiger partial charge in [-0.2, -0.15) is 4.98 Å². The fourth-order valence-corrected chi connectivity index (χ4v) is 5.06. The predicted molar refractivity (Wildman–Crippen MR) is 172 cm³/mol. The predicted octanol–water partition coefficient (Wildman–Crippen LogP) is 6.95. The molecule has 1 aliphatic heterocycles. The van der Waals surface area contributed by atoms with E-state index in [2.05, 4.69) is 44.4 Å². The second-order valence-electron chi connectivity index (χ2n) is 11.1. The molecule has 0 spiro atoms. The van der Waals surface area contributed by atoms with Crippen LogP contribution in [0.3, 0.4) is 0 Å². The maximum atomic E-state index is 15.3. The van der Waals surface area contributed by atoms with Crippen molar-refractivity contribution in [2.75, 3.05) is 48.8 Å². The van der Waals surface area contributed by atoms with Crippen LogP contribution in [0.15, 0.2) is 66.9 Å². The Morgan fingerprint density at radius 1 is 1.05 bits per heavy atom. The van der Waals surface area contributed by atoms with Gasteiger partial charge in [-0.05, 0) is 75.7 Å². The highest BCUT2D eigenvalue weighted by Gasteiger charge is 2.24. The molecular weight excluding hydrogens is 559 g/mol. The van der Waals surface area contributed by atoms with Crippen molar-refractivity contribution in [3.63, 3.8) is 0 Å². The van der Waals surface area contributed by atoms with Crippen LogP contribution in [0, 0.1) is 19.7 Å². The molecular formula is C34H39FN6O3. The van der Waals surface area contributed by atoms with E-state index in [0.717, 1.165) is 37.2 Å². The van der Waals surface area contributed by atoms with E-state index in [-0.39, 0.29) is 23.2 Å². The Morgan fingerprint density at radius 2 is 1.80 bits per heavy atom. The third kappa shape index (κ3) is 7.08. The van der Waals surface area contributed by atoms with Gasteiger partial charge in [-0.25, -0.2) is 9.37 Å². The van der Waals surface area contributed by atoms with Gasteiger partial charge >= 0.3 is 0 Å². The number of nitrogens with zero attached hydrogens (tertiary/aromatic N) is 4. The number of benzene rings is 3. The Labute approximate surface area is 258 Å². The van der Waals surface area contributed by atoms with E-state index in [0.29, 0.717) is 41.2 Å². The van der Waals surface area contributed by atoms with Gasteiger partial charge in [-0.3, -0.25) is 4.79 Å². The molecule has 1 aliphatic rings. The van der Waals surface area contributed by atoms with E-state index in [1.165, 1.54) is 12.3 Å². The van der Waals surface area contributed by atoms with Crippen molar-refractivity contribution in [1.82, 2.24) is 14.9 Å². The van der Waals surface area contributed by atoms with Gasteiger partial charge in [-0.1, -0.05) is 37.3 Å². The number of amides is 1. The van der Waals surface area contributed by atoms with Gasteiger partial charge in [0, 0.05) is 43.2 Å². The summed E-state index contributed by atoms with van der Waals surface area (Å²) in [5, 5.41) is 6.05. The lowest BCUT2D eigenvalue weighted by Gasteiger charge is -2.39. The smallest absolute Gasteiger partial charge is 0.262 e. The summed E-state index contributed by atoms with van der Waals surface area (Å²) >= 11 is 0. The Hall–Kier alpha value is -4.70. The lowest BCUT2D eigenvalue weighted by atomic mass is 10.1. The molecule has 0 aliphatic carbocycles. The summed E-state index contributed by atoms with van der Waals surface area (Å²) in [6.07, 6.45) is 2.22. The third-order valence-electron chi connectivity index (χ3n) is 7.74. The lowest BCUT2D eigenvalue weighted by molar-refractivity contribution is 0.102. The van der Waals surface area contributed by atoms with Gasteiger partial charge in [0.15, 0.2) is 11.5 Å². The number of aryl methyl sites for hydroxylation is 2. The van der Waals surface area contributed by atoms with Crippen molar-refractivity contribution in [1.29, 1.82) is 0 Å². The molecule has 1 saturated heterocycles. The molecule has 3 aromatic carbocycles. The fourth-order valence-electron chi connectivity index (χ4n) is 5.06. The number of carbonyl (C=O) groups excluding carboxylic acids is 1. The van der Waals surface area contributed by atoms with Gasteiger partial charge in [0.2, 0.25) is 11.8 Å². The molecule has 0 saturated carbocycles. The zero-order chi connectivity index (χ0) is 31.2. The van der Waals surface area contributed by atoms with Gasteiger partial charge < -0.3 is 29.9 Å². The van der Waals surface area contributed by atoms with Crippen LogP contribution < -0.4 is 25.0 Å². The van der Waals surface area contributed by atoms with E-state index in [1.54, 1.807) is 24.3 Å². The minimum absolute atomic E-state index is 0.0299. The Balaban J connectivity index is 1.44. The normalized spacial score (nSPS) is 15.1. The number of hydrogen-bond acceptors (Lipinski definition) is 8. The van der Waals surface area contributed by atoms with E-state index < -0.39 is 5.91 Å². The molecule has 44 heavy (non-hydrogen) atoms. The molecule has 1 unspecified atom stereocenters. The average Bonchev–Trinajstić information content (AvgIpc) is 3.00. The number of likely N-dealkylation sites (N-methyl/N-ethyl adjacent to an activating group) is 1. The number of ether oxygens (including phenoxy) is 2. The molecule has 230 valence electrons. The van der Waals surface area contributed by atoms with Crippen molar-refractivity contribution in [2.45, 2.75) is 40.2 Å². The summed E-state index contributed by atoms with van der Waals surface area (Å²) < 4.78 is 27.4. The number of para-hydroxylation sites is 3. The van der Waals surface area contributed by atoms with Crippen molar-refractivity contribution >= 4 is 28.9 Å². The molecule has 1 fully saturated rings. The molecule has 5 rings (SSSR count). The van der Waals surface area contributed by atoms with Gasteiger partial charge in [-0.15, -0.1) is 0 Å². The quantitative estimate of drug-likeness (QED) is 0.203. The Bertz CT molecular complexity index is 1610. The number of rotatable bonds is 10. The van der Waals surface area contributed by atoms with E-state index in [1.807, 2.05) is 51.1 Å². The molecule has 0 bridgehead atoms. The molecule has 0 radical (unpaired) electrons. The van der Waals surface area contributed by atoms with E-state index >= 15 is 4.39 Å². The summed E-state index contributed by atoms with van der Waals surface area (Å²) in [7, 11) is 2.08. The van der Waals surface area contributed by atoms with Gasteiger partial charge in [0.25, 0.3) is 5.91 Å². The zero-order valence-electron chi connectivity index (χ0n) is 25.9. The molecule has 2 heterocycles. The van der Waals surface area contributed by atoms with Crippen molar-refractivity contribution in [3.8, 4) is 17.4 Å². The number of aromatic nitrogens is 2. The van der Waals surface area contributed by atoms with Gasteiger partial charge in [0.1, 0.15) is 11.4 Å². The Morgan fingerprint density at radius 3 is 2.50 bits per heavy atom. The second-order valence-corrected chi connectivity index (χ2v) is 11.1. The maximum Gasteiger partial charge on any atom is 0.262 e. The first-order chi connectivity index (χ1) is 21.2. The van der Waals surface area contributed by atoms with E-state index in [4.69, 9.17) is 9.47 Å². The van der Waals surface area contributed by atoms with Crippen LogP contribution in [0.5, 0.6) is 17.4 Å². The molecule has 1 atom stereocenters. The lowest BCUT2D eigenvalue weighted by Crippen LogP contribution is -2.50. The number of hydrogen-bond donors (Lipinski definition) is 2. The fraction of sp³-hybridized carbons (Fsp3) is 0.324. The van der Waals surface area contributed by atoms with Crippen LogP contribution in [0.1, 0.15) is 41.8 Å². The van der Waals surface area contributed by atoms with Crippen LogP contribution in [0.4, 0.5) is 27.4 Å². The third-order valence-corrected chi connectivity index (χ3v) is 7.74. The van der Waals surface area contributed by atoms with E-state index in [9.17, 15) is 4.79 Å². The van der Waals surface area contributed by atoms with Crippen molar-refractivity contribution in [3.05, 3.63) is 89.4 Å². The molecule has 1 aromatic heterocycles. The molecule has 10 heteroatoms. The molecule has 1 amide bonds. The SMILES string of the molecule is CCCOc1ccccc1Oc1nc(Nc2ccc(N3CCN(C)C(C)C3)c(F)c2)ncc1C(=O)Nc1c(C)cccc1C. The van der Waals surface area contributed by atoms with Crippen molar-refractivity contribution < 1.29 is 18.7 Å². The Kier molecular flexibility index (Phi) is 9.59. The standard InChI is InChI=1S/C34H39FN6O3/c1-6-18-43-29-12-7-8-13-30(29)44-33-26(32(42)38-31-22(2)10-9-11-23(31)3)20-36-34(39-33)37-25-14-15-28(27(35)19-25)41-17-16-40(5)24(4)21-41/h7-15,19-20,24H,6,16-18,21H2,1-5H3,(H,38,42)(H,36,37,39). The van der Waals surface area contributed by atoms with Crippen molar-refractivity contribution in [2.24, 2.45) is 0 Å². The molecule has 2 N–H and O–H groups in total. The summed E-state index contributed by atoms with van der Waals surface area (Å²) in [6.45, 7) is 10.9. The zero-order valence-corrected chi connectivity index (χ0v) is 25.9. The maximum absolute atomic E-state index is 15.3. The molecule has 9 nitrogen and oxygen atoms in total. The van der Waals surface area contributed by atoms with Crippen LogP contribution in [0.2, 0.25) is 0 Å². The summed E-state index contributed by atoms with van der Waals surface area (Å²) in [5.74, 6) is 0.351. The number of halogens is 1. The number of anilines is 4. The monoisotopic (exact) mass is 598 g/mol. The summed E-state index contributed by atoms with van der Waals surface area (Å²) in [6, 6.07) is 18.3. The first-order valence-electron chi connectivity index (χ1n) is 14.9. The summed E-state index contributed by atoms with van der Waals surface area (Å²) in [5.41, 5.74) is 3.72. The second kappa shape index (κ2) is 13.7. The topological polar surface area (TPSA) is 91.9 Å². The minimum atomic E-state index is -0.423. The highest BCUT2D eigenvalue weighted by molar-refractivity contribution is 6.06. The first-order valence-corrected chi connectivity index (χ1v) is 14.9. The highest BCUT2D eigenvalue weighted by atomic mass is 19.1. The van der Waals surface area contributed by atoms with Crippen LogP contribution in [0.25, 0.3) is 0 Å². The van der Waals surface area contributed by atoms with Gasteiger partial charge in [0.05, 0.1) is 12.3 Å². The average molecular weight is 599 g/mol. The number of piperazine rings is 1. The number of nitrogens with one attached hydrogen (secondary N) is 2. The van der Waals surface area contributed by atoms with Crippen LogP contribution in [-0.4, -0.2) is 60.1 Å². The molecule has 4 aromatic rings.